The first-order chi connectivity index (χ1) is 2.00. The Balaban J connectivity index is -0.0000000800. The molecule has 6 heavy (non-hydrogen) atoms. The molecule has 0 fully saturated rings. The van der Waals surface area contributed by atoms with Gasteiger partial charge >= 0.3 is 79.1 Å². The van der Waals surface area contributed by atoms with E-state index >= 15 is 0 Å². The molecule has 0 saturated heterocycles. The Morgan fingerprint density at radius 3 is 1.00 bits per heavy atom. The molecule has 34 valence electrons. The number of hydrogen-bond donors (Lipinski definition) is 0. The van der Waals surface area contributed by atoms with Crippen molar-refractivity contribution in [3.8, 4) is 0 Å². The number of hydrogen-bond acceptors (Lipinski definition) is 0. The molecule has 0 heterocycles. The topological polar surface area (TPSA) is 0 Å². The van der Waals surface area contributed by atoms with Crippen LogP contribution in [0.4, 0.5) is 0 Å². The fraction of sp³-hybridized carbons (Fsp3) is 0. The van der Waals surface area contributed by atoms with E-state index in [0.29, 0.717) is 0 Å². The van der Waals surface area contributed by atoms with Crippen molar-refractivity contribution < 1.29 is 31.0 Å². The molecule has 6 heteroatoms. The summed E-state index contributed by atoms with van der Waals surface area (Å²) < 4.78 is 0. The fourth-order valence-corrected chi connectivity index (χ4v) is 0. The van der Waals surface area contributed by atoms with E-state index in [-0.39, 0.29) is 31.0 Å². The Morgan fingerprint density at radius 2 is 1.00 bits per heavy atom. The van der Waals surface area contributed by atoms with Crippen LogP contribution in [0, 0.1) is 0 Å². The molecule has 0 aliphatic rings. The van der Waals surface area contributed by atoms with Crippen molar-refractivity contribution in [2.75, 3.05) is 0 Å². The Bertz CT molecular complexity index is 27.2. The maximum Gasteiger partial charge on any atom is 1.00 e. The van der Waals surface area contributed by atoms with Crippen molar-refractivity contribution in [1.29, 1.82) is 0 Å². The quantitative estimate of drug-likeness (QED) is 0.526. The molecule has 0 N–H and O–H groups in total. The van der Waals surface area contributed by atoms with Crippen LogP contribution in [-0.4, -0.2) is 13.9 Å². The zero-order chi connectivity index (χ0) is 4.50. The molecule has 0 atom stereocenters. The van der Waals surface area contributed by atoms with E-state index in [9.17, 15) is 0 Å². The summed E-state index contributed by atoms with van der Waals surface area (Å²) in [7, 11) is 20.1. The van der Waals surface area contributed by atoms with Crippen LogP contribution in [-0.2, 0) is 0 Å². The van der Waals surface area contributed by atoms with E-state index in [4.69, 9.17) is 35.7 Å². The van der Waals surface area contributed by atoms with Crippen LogP contribution < -0.4 is 29.6 Å². The summed E-state index contributed by atoms with van der Waals surface area (Å²) in [5.41, 5.74) is 0. The Labute approximate surface area is 79.0 Å². The summed E-state index contributed by atoms with van der Waals surface area (Å²) in [5, 5.41) is 0. The van der Waals surface area contributed by atoms with Gasteiger partial charge in [0.2, 0.25) is 0 Å². The summed E-state index contributed by atoms with van der Waals surface area (Å²) in [6.07, 6.45) is 0. The van der Waals surface area contributed by atoms with E-state index < -0.39 is 13.9 Å². The number of rotatable bonds is 0. The van der Waals surface area contributed by atoms with E-state index in [1.807, 2.05) is 0 Å². The molecule has 0 aromatic rings. The van der Waals surface area contributed by atoms with Crippen molar-refractivity contribution >= 4 is 49.6 Å². The predicted molar refractivity (Wildman–Crippen MR) is 30.3 cm³/mol. The molecular formula is HCl4NaSn. The van der Waals surface area contributed by atoms with E-state index in [1.54, 1.807) is 0 Å². The molecule has 0 aromatic carbocycles. The van der Waals surface area contributed by atoms with Crippen molar-refractivity contribution in [1.82, 2.24) is 0 Å². The minimum absolute atomic E-state index is 0. The van der Waals surface area contributed by atoms with Crippen molar-refractivity contribution in [2.45, 2.75) is 0 Å². The molecule has 0 amide bonds. The Kier molecular flexibility index (Phi) is 9.38. The van der Waals surface area contributed by atoms with Crippen molar-refractivity contribution in [3.63, 3.8) is 0 Å². The third-order valence-electron chi connectivity index (χ3n) is 0. The molecule has 0 aliphatic heterocycles. The zero-order valence-corrected chi connectivity index (χ0v) is 10.9. The molecule has 0 unspecified atom stereocenters. The minimum atomic E-state index is -3.29. The summed E-state index contributed by atoms with van der Waals surface area (Å²) >= 11 is -3.29. The van der Waals surface area contributed by atoms with Gasteiger partial charge in [0.25, 0.3) is 0 Å². The van der Waals surface area contributed by atoms with Gasteiger partial charge in [-0.25, -0.2) is 0 Å². The van der Waals surface area contributed by atoms with Gasteiger partial charge in [0, 0.05) is 0 Å². The molecule has 0 bridgehead atoms. The van der Waals surface area contributed by atoms with Crippen LogP contribution in [0.15, 0.2) is 0 Å². The van der Waals surface area contributed by atoms with Crippen molar-refractivity contribution in [2.24, 2.45) is 0 Å². The molecular weight excluding hydrogens is 284 g/mol. The van der Waals surface area contributed by atoms with E-state index in [0.717, 1.165) is 0 Å². The van der Waals surface area contributed by atoms with Crippen LogP contribution in [0.3, 0.4) is 0 Å². The third kappa shape index (κ3) is 28.2. The smallest absolute Gasteiger partial charge is 1.00 e. The third-order valence-corrected chi connectivity index (χ3v) is 0. The van der Waals surface area contributed by atoms with Gasteiger partial charge in [-0.3, -0.25) is 0 Å². The first-order valence-electron chi connectivity index (χ1n) is 0.756. The SMILES string of the molecule is [Cl][Sn]([Cl])([Cl])[Cl].[H-].[Na+]. The summed E-state index contributed by atoms with van der Waals surface area (Å²) in [4.78, 5) is 0. The Hall–Kier alpha value is 2.96. The second kappa shape index (κ2) is 4.80. The maximum atomic E-state index is 5.04. The second-order valence-corrected chi connectivity index (χ2v) is 25.9. The molecule has 0 nitrogen and oxygen atoms in total. The van der Waals surface area contributed by atoms with Gasteiger partial charge in [-0.15, -0.1) is 0 Å². The average molecular weight is 285 g/mol. The van der Waals surface area contributed by atoms with Crippen LogP contribution in [0.1, 0.15) is 1.43 Å². The molecule has 0 rings (SSSR count). The normalized spacial score (nSPS) is 10.0. The first-order valence-corrected chi connectivity index (χ1v) is 15.2. The molecule has 0 aliphatic carbocycles. The second-order valence-electron chi connectivity index (χ2n) is 0.429. The summed E-state index contributed by atoms with van der Waals surface area (Å²) in [6.45, 7) is 0. The van der Waals surface area contributed by atoms with Gasteiger partial charge in [0.05, 0.1) is 0 Å². The van der Waals surface area contributed by atoms with Gasteiger partial charge in [-0.1, -0.05) is 0 Å². The van der Waals surface area contributed by atoms with Gasteiger partial charge in [0.15, 0.2) is 0 Å². The van der Waals surface area contributed by atoms with Gasteiger partial charge in [0.1, 0.15) is 0 Å². The minimum Gasteiger partial charge on any atom is -1.00 e. The standard InChI is InChI=1S/4ClH.Na.Sn.H/h4*1H;;;/q;;;;+1;+4;-1/p-4. The fourth-order valence-electron chi connectivity index (χ4n) is 0. The van der Waals surface area contributed by atoms with Gasteiger partial charge in [-0.2, -0.15) is 0 Å². The van der Waals surface area contributed by atoms with E-state index in [1.165, 1.54) is 0 Å². The first kappa shape index (κ1) is 11.7. The van der Waals surface area contributed by atoms with E-state index in [2.05, 4.69) is 0 Å². The van der Waals surface area contributed by atoms with Crippen LogP contribution in [0.25, 0.3) is 0 Å². The summed E-state index contributed by atoms with van der Waals surface area (Å²) in [6, 6.07) is 0. The zero-order valence-electron chi connectivity index (χ0n) is 4.01. The maximum absolute atomic E-state index is 5.04. The van der Waals surface area contributed by atoms with Crippen LogP contribution >= 0.6 is 35.7 Å². The van der Waals surface area contributed by atoms with Crippen LogP contribution in [0.5, 0.6) is 0 Å². The van der Waals surface area contributed by atoms with Gasteiger partial charge < -0.3 is 1.43 Å². The molecule has 0 aromatic heterocycles. The molecule has 0 spiro atoms. The average Bonchev–Trinajstić information content (AvgIpc) is 0.722. The Morgan fingerprint density at radius 1 is 1.00 bits per heavy atom. The van der Waals surface area contributed by atoms with Crippen LogP contribution in [0.2, 0.25) is 0 Å². The largest absolute Gasteiger partial charge is 1.00 e. The van der Waals surface area contributed by atoms with Gasteiger partial charge in [-0.05, 0) is 0 Å². The predicted octanol–water partition coefficient (Wildman–Crippen LogP) is -0.506. The molecule has 0 radical (unpaired) electrons. The van der Waals surface area contributed by atoms with Crippen molar-refractivity contribution in [3.05, 3.63) is 0 Å². The molecule has 0 saturated carbocycles. The summed E-state index contributed by atoms with van der Waals surface area (Å²) in [5.74, 6) is 0. The monoisotopic (exact) mass is 284 g/mol. The number of halogens is 4.